The Morgan fingerprint density at radius 1 is 1.44 bits per heavy atom. The average molecular weight is 211 g/mol. The highest BCUT2D eigenvalue weighted by molar-refractivity contribution is 5.67. The predicted molar refractivity (Wildman–Crippen MR) is 67.6 cm³/mol. The van der Waals surface area contributed by atoms with Crippen LogP contribution in [0.1, 0.15) is 31.7 Å². The van der Waals surface area contributed by atoms with Crippen LogP contribution in [0.15, 0.2) is 30.6 Å². The van der Waals surface area contributed by atoms with Gasteiger partial charge >= 0.3 is 0 Å². The maximum absolute atomic E-state index is 5.42. The van der Waals surface area contributed by atoms with Crippen molar-refractivity contribution in [2.75, 3.05) is 0 Å². The second-order valence-corrected chi connectivity index (χ2v) is 4.37. The molecule has 0 saturated heterocycles. The quantitative estimate of drug-likeness (QED) is 0.697. The topological polar surface area (TPSA) is 12.9 Å². The minimum atomic E-state index is 0.568. The lowest BCUT2D eigenvalue weighted by Crippen LogP contribution is -2.05. The molecule has 1 aliphatic carbocycles. The fraction of sp³-hybridized carbons (Fsp3) is 0.400. The normalized spacial score (nSPS) is 23.9. The predicted octanol–water partition coefficient (Wildman–Crippen LogP) is 3.53. The highest BCUT2D eigenvalue weighted by Gasteiger charge is 2.25. The van der Waals surface area contributed by atoms with Gasteiger partial charge in [-0.05, 0) is 41.5 Å². The lowest BCUT2D eigenvalue weighted by Gasteiger charge is -2.14. The molecule has 1 aliphatic rings. The Morgan fingerprint density at radius 2 is 2.19 bits per heavy atom. The molecule has 0 saturated carbocycles. The summed E-state index contributed by atoms with van der Waals surface area (Å²) in [6.45, 7) is 2.25. The zero-order chi connectivity index (χ0) is 11.4. The summed E-state index contributed by atoms with van der Waals surface area (Å²) in [5, 5.41) is 0. The Kier molecular flexibility index (Phi) is 3.41. The van der Waals surface area contributed by atoms with Crippen molar-refractivity contribution in [3.05, 3.63) is 36.2 Å². The Labute approximate surface area is 97.6 Å². The van der Waals surface area contributed by atoms with E-state index in [1.807, 2.05) is 12.4 Å². The molecule has 1 aromatic rings. The van der Waals surface area contributed by atoms with E-state index in [9.17, 15) is 0 Å². The number of hydrogen-bond acceptors (Lipinski definition) is 1. The van der Waals surface area contributed by atoms with Crippen molar-refractivity contribution in [1.82, 2.24) is 4.98 Å². The third-order valence-electron chi connectivity index (χ3n) is 3.43. The van der Waals surface area contributed by atoms with Gasteiger partial charge < -0.3 is 0 Å². The van der Waals surface area contributed by atoms with E-state index in [0.717, 1.165) is 18.8 Å². The van der Waals surface area contributed by atoms with Gasteiger partial charge in [0.1, 0.15) is 0 Å². The van der Waals surface area contributed by atoms with Crippen LogP contribution in [0.5, 0.6) is 0 Å². The van der Waals surface area contributed by atoms with Gasteiger partial charge in [-0.1, -0.05) is 19.4 Å². The van der Waals surface area contributed by atoms with Gasteiger partial charge in [-0.15, -0.1) is 12.3 Å². The first-order valence-electron chi connectivity index (χ1n) is 5.89. The molecule has 0 radical (unpaired) electrons. The number of aromatic nitrogens is 1. The molecule has 1 heteroatoms. The lowest BCUT2D eigenvalue weighted by atomic mass is 9.90. The maximum Gasteiger partial charge on any atom is 0.0273 e. The summed E-state index contributed by atoms with van der Waals surface area (Å²) in [5.41, 5.74) is 2.74. The van der Waals surface area contributed by atoms with Gasteiger partial charge in [-0.2, -0.15) is 0 Å². The monoisotopic (exact) mass is 211 g/mol. The molecule has 1 nitrogen and oxygen atoms in total. The molecule has 0 bridgehead atoms. The Hall–Kier alpha value is -1.55. The van der Waals surface area contributed by atoms with Gasteiger partial charge in [-0.25, -0.2) is 0 Å². The van der Waals surface area contributed by atoms with E-state index >= 15 is 0 Å². The third-order valence-corrected chi connectivity index (χ3v) is 3.43. The van der Waals surface area contributed by atoms with Crippen LogP contribution < -0.4 is 0 Å². The van der Waals surface area contributed by atoms with E-state index < -0.39 is 0 Å². The number of rotatable bonds is 3. The Balaban J connectivity index is 2.19. The standard InChI is InChI=1S/C15H17N/c1-3-5-14-11-15(10-12(14)4-2)13-6-8-16-9-7-13/h1,6-9,11-12,14H,4-5,10H2,2H3/t12-,14+/m1/s1. The van der Waals surface area contributed by atoms with Crippen LogP contribution in [0.25, 0.3) is 5.57 Å². The Bertz CT molecular complexity index is 411. The van der Waals surface area contributed by atoms with Crippen molar-refractivity contribution in [3.8, 4) is 12.3 Å². The molecule has 0 N–H and O–H groups in total. The summed E-state index contributed by atoms with van der Waals surface area (Å²) >= 11 is 0. The van der Waals surface area contributed by atoms with Gasteiger partial charge in [0.25, 0.3) is 0 Å². The number of allylic oxidation sites excluding steroid dienone is 2. The summed E-state index contributed by atoms with van der Waals surface area (Å²) in [6, 6.07) is 4.16. The molecule has 0 aliphatic heterocycles. The SMILES string of the molecule is C#CC[C@H]1C=C(c2ccncc2)C[C@H]1CC. The first-order valence-corrected chi connectivity index (χ1v) is 5.89. The molecule has 16 heavy (non-hydrogen) atoms. The molecular formula is C15H17N. The minimum absolute atomic E-state index is 0.568. The van der Waals surface area contributed by atoms with Crippen LogP contribution in [-0.4, -0.2) is 4.98 Å². The molecule has 0 spiro atoms. The highest BCUT2D eigenvalue weighted by atomic mass is 14.6. The van der Waals surface area contributed by atoms with Crippen molar-refractivity contribution in [2.24, 2.45) is 11.8 Å². The van der Waals surface area contributed by atoms with Crippen molar-refractivity contribution >= 4 is 5.57 Å². The van der Waals surface area contributed by atoms with Crippen LogP contribution in [0, 0.1) is 24.2 Å². The summed E-state index contributed by atoms with van der Waals surface area (Å²) < 4.78 is 0. The molecule has 1 aromatic heterocycles. The second kappa shape index (κ2) is 4.99. The van der Waals surface area contributed by atoms with E-state index in [1.165, 1.54) is 17.6 Å². The van der Waals surface area contributed by atoms with Crippen molar-refractivity contribution < 1.29 is 0 Å². The smallest absolute Gasteiger partial charge is 0.0273 e. The van der Waals surface area contributed by atoms with Crippen LogP contribution >= 0.6 is 0 Å². The molecule has 0 fully saturated rings. The lowest BCUT2D eigenvalue weighted by molar-refractivity contribution is 0.420. The molecule has 82 valence electrons. The number of hydrogen-bond donors (Lipinski definition) is 0. The largest absolute Gasteiger partial charge is 0.265 e. The van der Waals surface area contributed by atoms with Crippen molar-refractivity contribution in [3.63, 3.8) is 0 Å². The maximum atomic E-state index is 5.42. The fourth-order valence-corrected chi connectivity index (χ4v) is 2.49. The van der Waals surface area contributed by atoms with Gasteiger partial charge in [0.2, 0.25) is 0 Å². The zero-order valence-electron chi connectivity index (χ0n) is 9.69. The van der Waals surface area contributed by atoms with E-state index in [1.54, 1.807) is 0 Å². The summed E-state index contributed by atoms with van der Waals surface area (Å²) in [7, 11) is 0. The highest BCUT2D eigenvalue weighted by Crippen LogP contribution is 2.39. The van der Waals surface area contributed by atoms with Gasteiger partial charge in [0.05, 0.1) is 0 Å². The van der Waals surface area contributed by atoms with E-state index in [-0.39, 0.29) is 0 Å². The molecule has 0 aromatic carbocycles. The number of terminal acetylenes is 1. The zero-order valence-corrected chi connectivity index (χ0v) is 9.69. The first kappa shape index (κ1) is 11.0. The number of pyridine rings is 1. The summed E-state index contributed by atoms with van der Waals surface area (Å²) in [6.07, 6.45) is 14.7. The van der Waals surface area contributed by atoms with Crippen LogP contribution in [0.4, 0.5) is 0 Å². The van der Waals surface area contributed by atoms with Gasteiger partial charge in [0.15, 0.2) is 0 Å². The van der Waals surface area contributed by atoms with Crippen molar-refractivity contribution in [1.29, 1.82) is 0 Å². The molecule has 2 rings (SSSR count). The average Bonchev–Trinajstić information content (AvgIpc) is 2.74. The molecule has 1 heterocycles. The van der Waals surface area contributed by atoms with E-state index in [2.05, 4.69) is 36.0 Å². The van der Waals surface area contributed by atoms with E-state index in [0.29, 0.717) is 5.92 Å². The van der Waals surface area contributed by atoms with Crippen LogP contribution in [-0.2, 0) is 0 Å². The summed E-state index contributed by atoms with van der Waals surface area (Å²) in [5.74, 6) is 4.08. The first-order chi connectivity index (χ1) is 7.85. The number of nitrogens with zero attached hydrogens (tertiary/aromatic N) is 1. The second-order valence-electron chi connectivity index (χ2n) is 4.37. The van der Waals surface area contributed by atoms with Gasteiger partial charge in [-0.3, -0.25) is 4.98 Å². The molecular weight excluding hydrogens is 194 g/mol. The minimum Gasteiger partial charge on any atom is -0.265 e. The molecule has 2 atom stereocenters. The van der Waals surface area contributed by atoms with E-state index in [4.69, 9.17) is 6.42 Å². The molecule has 0 unspecified atom stereocenters. The van der Waals surface area contributed by atoms with Gasteiger partial charge in [0, 0.05) is 18.8 Å². The van der Waals surface area contributed by atoms with Crippen molar-refractivity contribution in [2.45, 2.75) is 26.2 Å². The Morgan fingerprint density at radius 3 is 2.81 bits per heavy atom. The van der Waals surface area contributed by atoms with Crippen LogP contribution in [0.2, 0.25) is 0 Å². The third kappa shape index (κ3) is 2.17. The molecule has 0 amide bonds. The summed E-state index contributed by atoms with van der Waals surface area (Å²) in [4.78, 5) is 4.05. The fourth-order valence-electron chi connectivity index (χ4n) is 2.49. The van der Waals surface area contributed by atoms with Crippen LogP contribution in [0.3, 0.4) is 0 Å².